The molecule has 1 aromatic rings. The maximum atomic E-state index is 9.00. The van der Waals surface area contributed by atoms with E-state index in [1.54, 1.807) is 12.3 Å². The van der Waals surface area contributed by atoms with Gasteiger partial charge in [0.2, 0.25) is 5.88 Å². The number of hydrogen-bond acceptors (Lipinski definition) is 3. The Morgan fingerprint density at radius 1 is 1.50 bits per heavy atom. The highest BCUT2D eigenvalue weighted by atomic mass is 35.5. The zero-order chi connectivity index (χ0) is 13.0. The maximum absolute atomic E-state index is 9.00. The molecule has 1 saturated carbocycles. The number of aromatic nitrogens is 1. The largest absolute Gasteiger partial charge is 0.473 e. The minimum absolute atomic E-state index is 0.0473. The molecule has 4 heteroatoms. The van der Waals surface area contributed by atoms with Gasteiger partial charge >= 0.3 is 0 Å². The second-order valence-electron chi connectivity index (χ2n) is 4.97. The number of rotatable bonds is 4. The fourth-order valence-corrected chi connectivity index (χ4v) is 2.75. The highest BCUT2D eigenvalue weighted by Gasteiger charge is 2.23. The predicted octanol–water partition coefficient (Wildman–Crippen LogP) is 3.57. The average Bonchev–Trinajstić information content (AvgIpc) is 2.41. The van der Waals surface area contributed by atoms with E-state index in [-0.39, 0.29) is 12.7 Å². The summed E-state index contributed by atoms with van der Waals surface area (Å²) in [6.45, 7) is 2.18. The fourth-order valence-electron chi connectivity index (χ4n) is 2.52. The van der Waals surface area contributed by atoms with Crippen LogP contribution in [0, 0.1) is 5.92 Å². The molecule has 3 nitrogen and oxygen atoms in total. The van der Waals surface area contributed by atoms with Gasteiger partial charge in [0.25, 0.3) is 0 Å². The number of aliphatic hydroxyl groups excluding tert-OH is 1. The maximum Gasteiger partial charge on any atom is 0.232 e. The Hall–Kier alpha value is -0.800. The number of aliphatic hydroxyl groups is 1. The third-order valence-corrected chi connectivity index (χ3v) is 3.91. The molecule has 1 aromatic heterocycles. The van der Waals surface area contributed by atoms with E-state index in [9.17, 15) is 0 Å². The zero-order valence-electron chi connectivity index (χ0n) is 10.7. The van der Waals surface area contributed by atoms with E-state index in [1.807, 2.05) is 0 Å². The van der Waals surface area contributed by atoms with Crippen LogP contribution in [0.3, 0.4) is 0 Å². The van der Waals surface area contributed by atoms with Gasteiger partial charge in [-0.25, -0.2) is 4.98 Å². The van der Waals surface area contributed by atoms with E-state index in [2.05, 4.69) is 11.9 Å². The van der Waals surface area contributed by atoms with Crippen LogP contribution >= 0.6 is 11.6 Å². The van der Waals surface area contributed by atoms with Crippen LogP contribution in [0.15, 0.2) is 12.3 Å². The van der Waals surface area contributed by atoms with E-state index >= 15 is 0 Å². The van der Waals surface area contributed by atoms with Gasteiger partial charge < -0.3 is 9.84 Å². The van der Waals surface area contributed by atoms with E-state index in [1.165, 1.54) is 19.3 Å². The summed E-state index contributed by atoms with van der Waals surface area (Å²) in [5.74, 6) is 1.26. The van der Waals surface area contributed by atoms with Crippen molar-refractivity contribution in [3.63, 3.8) is 0 Å². The second kappa shape index (κ2) is 6.39. The van der Waals surface area contributed by atoms with Crippen LogP contribution in [0.5, 0.6) is 5.88 Å². The summed E-state index contributed by atoms with van der Waals surface area (Å²) in [6, 6.07) is 1.71. The highest BCUT2D eigenvalue weighted by molar-refractivity contribution is 6.31. The summed E-state index contributed by atoms with van der Waals surface area (Å²) in [4.78, 5) is 4.18. The lowest BCUT2D eigenvalue weighted by Gasteiger charge is -2.28. The lowest BCUT2D eigenvalue weighted by atomic mass is 9.85. The highest BCUT2D eigenvalue weighted by Crippen LogP contribution is 2.31. The van der Waals surface area contributed by atoms with Crippen LogP contribution in [0.1, 0.15) is 44.6 Å². The molecule has 0 aliphatic heterocycles. The van der Waals surface area contributed by atoms with E-state index in [4.69, 9.17) is 21.4 Å². The summed E-state index contributed by atoms with van der Waals surface area (Å²) >= 11 is 6.10. The summed E-state index contributed by atoms with van der Waals surface area (Å²) < 4.78 is 5.89. The van der Waals surface area contributed by atoms with Crippen molar-refractivity contribution < 1.29 is 9.84 Å². The van der Waals surface area contributed by atoms with Gasteiger partial charge in [0.15, 0.2) is 0 Å². The van der Waals surface area contributed by atoms with Gasteiger partial charge in [-0.15, -0.1) is 0 Å². The molecule has 0 radical (unpaired) electrons. The van der Waals surface area contributed by atoms with Gasteiger partial charge in [-0.2, -0.15) is 0 Å². The second-order valence-corrected chi connectivity index (χ2v) is 5.38. The normalized spacial score (nSPS) is 23.9. The lowest BCUT2D eigenvalue weighted by Crippen LogP contribution is -2.25. The molecule has 1 N–H and O–H groups in total. The van der Waals surface area contributed by atoms with Crippen molar-refractivity contribution in [1.29, 1.82) is 0 Å². The Bertz CT molecular complexity index is 397. The minimum atomic E-state index is -0.0473. The quantitative estimate of drug-likeness (QED) is 0.909. The molecule has 0 amide bonds. The summed E-state index contributed by atoms with van der Waals surface area (Å²) in [6.07, 6.45) is 7.75. The van der Waals surface area contributed by atoms with Crippen LogP contribution in [0.4, 0.5) is 0 Å². The van der Waals surface area contributed by atoms with Gasteiger partial charge in [0.05, 0.1) is 6.61 Å². The molecule has 18 heavy (non-hydrogen) atoms. The first kappa shape index (κ1) is 13.6. The van der Waals surface area contributed by atoms with Gasteiger partial charge in [-0.05, 0) is 36.8 Å². The predicted molar refractivity (Wildman–Crippen MR) is 71.8 cm³/mol. The third kappa shape index (κ3) is 3.36. The molecule has 0 aromatic carbocycles. The Kier molecular flexibility index (Phi) is 4.84. The Balaban J connectivity index is 2.00. The van der Waals surface area contributed by atoms with Crippen molar-refractivity contribution >= 4 is 11.6 Å². The van der Waals surface area contributed by atoms with Gasteiger partial charge in [-0.3, -0.25) is 0 Å². The minimum Gasteiger partial charge on any atom is -0.473 e. The van der Waals surface area contributed by atoms with Crippen molar-refractivity contribution in [1.82, 2.24) is 4.98 Å². The SMILES string of the molecule is CCC1CCCC(Oc2ncc(CO)cc2Cl)C1. The molecule has 100 valence electrons. The first-order valence-electron chi connectivity index (χ1n) is 6.64. The monoisotopic (exact) mass is 269 g/mol. The summed E-state index contributed by atoms with van der Waals surface area (Å²) in [5.41, 5.74) is 0.711. The lowest BCUT2D eigenvalue weighted by molar-refractivity contribution is 0.117. The molecule has 0 spiro atoms. The van der Waals surface area contributed by atoms with Crippen LogP contribution in [0.25, 0.3) is 0 Å². The molecule has 2 unspecified atom stereocenters. The number of ether oxygens (including phenoxy) is 1. The van der Waals surface area contributed by atoms with E-state index in [0.29, 0.717) is 16.5 Å². The van der Waals surface area contributed by atoms with Crippen LogP contribution < -0.4 is 4.74 Å². The topological polar surface area (TPSA) is 42.4 Å². The molecule has 0 saturated heterocycles. The first-order valence-corrected chi connectivity index (χ1v) is 7.02. The molecular formula is C14H20ClNO2. The summed E-state index contributed by atoms with van der Waals surface area (Å²) in [7, 11) is 0. The van der Waals surface area contributed by atoms with Crippen LogP contribution in [-0.4, -0.2) is 16.2 Å². The Morgan fingerprint density at radius 2 is 2.33 bits per heavy atom. The van der Waals surface area contributed by atoms with Gasteiger partial charge in [0.1, 0.15) is 11.1 Å². The number of pyridine rings is 1. The molecule has 1 aliphatic carbocycles. The molecule has 2 rings (SSSR count). The number of nitrogens with zero attached hydrogens (tertiary/aromatic N) is 1. The van der Waals surface area contributed by atoms with Crippen molar-refractivity contribution in [2.45, 2.75) is 51.7 Å². The molecule has 1 fully saturated rings. The molecule has 1 heterocycles. The smallest absolute Gasteiger partial charge is 0.232 e. The fraction of sp³-hybridized carbons (Fsp3) is 0.643. The van der Waals surface area contributed by atoms with Crippen LogP contribution in [-0.2, 0) is 6.61 Å². The van der Waals surface area contributed by atoms with E-state index in [0.717, 1.165) is 18.8 Å². The Morgan fingerprint density at radius 3 is 3.00 bits per heavy atom. The molecule has 1 aliphatic rings. The average molecular weight is 270 g/mol. The number of hydrogen-bond donors (Lipinski definition) is 1. The first-order chi connectivity index (χ1) is 8.72. The molecule has 2 atom stereocenters. The Labute approximate surface area is 113 Å². The van der Waals surface area contributed by atoms with Gasteiger partial charge in [-0.1, -0.05) is 31.4 Å². The molecular weight excluding hydrogens is 250 g/mol. The third-order valence-electron chi connectivity index (χ3n) is 3.64. The number of halogens is 1. The molecule has 0 bridgehead atoms. The van der Waals surface area contributed by atoms with E-state index < -0.39 is 0 Å². The van der Waals surface area contributed by atoms with Crippen molar-refractivity contribution in [3.05, 3.63) is 22.8 Å². The van der Waals surface area contributed by atoms with Crippen molar-refractivity contribution in [2.75, 3.05) is 0 Å². The standard InChI is InChI=1S/C14H20ClNO2/c1-2-10-4-3-5-12(6-10)18-14-13(15)7-11(9-17)8-16-14/h7-8,10,12,17H,2-6,9H2,1H3. The van der Waals surface area contributed by atoms with Crippen molar-refractivity contribution in [3.8, 4) is 5.88 Å². The van der Waals surface area contributed by atoms with Crippen molar-refractivity contribution in [2.24, 2.45) is 5.92 Å². The zero-order valence-corrected chi connectivity index (χ0v) is 11.5. The van der Waals surface area contributed by atoms with Gasteiger partial charge in [0, 0.05) is 6.20 Å². The van der Waals surface area contributed by atoms with Crippen LogP contribution in [0.2, 0.25) is 5.02 Å². The summed E-state index contributed by atoms with van der Waals surface area (Å²) in [5, 5.41) is 9.49.